The lowest BCUT2D eigenvalue weighted by atomic mass is 10.2. The number of fused-ring (bicyclic) bond motifs is 1. The van der Waals surface area contributed by atoms with E-state index in [0.717, 1.165) is 21.1 Å². The van der Waals surface area contributed by atoms with Gasteiger partial charge in [0.2, 0.25) is 0 Å². The van der Waals surface area contributed by atoms with Gasteiger partial charge in [-0.15, -0.1) is 0 Å². The van der Waals surface area contributed by atoms with Crippen LogP contribution in [0.1, 0.15) is 0 Å². The van der Waals surface area contributed by atoms with Gasteiger partial charge in [0.15, 0.2) is 0 Å². The van der Waals surface area contributed by atoms with Crippen molar-refractivity contribution < 1.29 is 4.74 Å². The van der Waals surface area contributed by atoms with Crippen molar-refractivity contribution in [2.24, 2.45) is 0 Å². The minimum absolute atomic E-state index is 0.832. The van der Waals surface area contributed by atoms with Crippen molar-refractivity contribution >= 4 is 26.8 Å². The Morgan fingerprint density at radius 3 is 2.92 bits per heavy atom. The molecular weight excluding hydrogens is 230 g/mol. The summed E-state index contributed by atoms with van der Waals surface area (Å²) in [5.41, 5.74) is 0.939. The second-order valence-corrected chi connectivity index (χ2v) is 3.53. The smallest absolute Gasteiger partial charge is 0.121 e. The van der Waals surface area contributed by atoms with Crippen LogP contribution in [0.5, 0.6) is 5.75 Å². The Balaban J connectivity index is 2.72. The van der Waals surface area contributed by atoms with Crippen LogP contribution in [0.4, 0.5) is 0 Å². The number of hydrogen-bond acceptors (Lipinski definition) is 2. The van der Waals surface area contributed by atoms with E-state index in [9.17, 15) is 0 Å². The minimum atomic E-state index is 0.832. The molecule has 2 aromatic rings. The second-order valence-electron chi connectivity index (χ2n) is 2.68. The van der Waals surface area contributed by atoms with Crippen molar-refractivity contribution in [2.45, 2.75) is 0 Å². The van der Waals surface area contributed by atoms with Crippen LogP contribution < -0.4 is 4.74 Å². The van der Waals surface area contributed by atoms with E-state index in [2.05, 4.69) is 20.9 Å². The average molecular weight is 238 g/mol. The summed E-state index contributed by atoms with van der Waals surface area (Å²) < 4.78 is 6.16. The molecule has 1 aromatic carbocycles. The highest BCUT2D eigenvalue weighted by Gasteiger charge is 1.99. The molecule has 0 saturated heterocycles. The van der Waals surface area contributed by atoms with Crippen molar-refractivity contribution in [3.05, 3.63) is 34.9 Å². The number of rotatable bonds is 1. The number of hydrogen-bond donors (Lipinski definition) is 0. The zero-order valence-corrected chi connectivity index (χ0v) is 8.71. The molecule has 0 aliphatic heterocycles. The van der Waals surface area contributed by atoms with Gasteiger partial charge in [-0.25, -0.2) is 0 Å². The molecule has 1 aromatic heterocycles. The first-order chi connectivity index (χ1) is 6.31. The Morgan fingerprint density at radius 2 is 2.15 bits per heavy atom. The first kappa shape index (κ1) is 8.51. The minimum Gasteiger partial charge on any atom is -0.497 e. The number of ether oxygens (including phenoxy) is 1. The van der Waals surface area contributed by atoms with Crippen LogP contribution in [0.2, 0.25) is 0 Å². The maximum Gasteiger partial charge on any atom is 0.121 e. The average Bonchev–Trinajstić information content (AvgIpc) is 2.18. The topological polar surface area (TPSA) is 22.1 Å². The molecule has 0 fully saturated rings. The fourth-order valence-corrected chi connectivity index (χ4v) is 1.67. The van der Waals surface area contributed by atoms with Crippen LogP contribution in [-0.4, -0.2) is 12.1 Å². The first-order valence-corrected chi connectivity index (χ1v) is 4.69. The Hall–Kier alpha value is -1.09. The zero-order valence-electron chi connectivity index (χ0n) is 7.12. The highest BCUT2D eigenvalue weighted by Crippen LogP contribution is 2.25. The summed E-state index contributed by atoms with van der Waals surface area (Å²) in [5.74, 6) is 0.832. The van der Waals surface area contributed by atoms with Crippen molar-refractivity contribution in [1.29, 1.82) is 0 Å². The lowest BCUT2D eigenvalue weighted by Crippen LogP contribution is -1.84. The van der Waals surface area contributed by atoms with E-state index >= 15 is 0 Å². The molecule has 0 spiro atoms. The van der Waals surface area contributed by atoms with E-state index in [1.165, 1.54) is 0 Å². The highest BCUT2D eigenvalue weighted by molar-refractivity contribution is 9.10. The number of pyridine rings is 1. The molecule has 0 radical (unpaired) electrons. The van der Waals surface area contributed by atoms with Crippen LogP contribution in [0.15, 0.2) is 34.9 Å². The standard InChI is InChI=1S/C10H8BrNO/c1-13-7-2-3-8-9(11)4-5-12-10(8)6-7/h2-6H,1H3. The number of benzene rings is 1. The SMILES string of the molecule is COc1ccc2c(Br)ccnc2c1. The van der Waals surface area contributed by atoms with Gasteiger partial charge >= 0.3 is 0 Å². The Kier molecular flexibility index (Phi) is 2.19. The lowest BCUT2D eigenvalue weighted by Gasteiger charge is -2.02. The highest BCUT2D eigenvalue weighted by atomic mass is 79.9. The summed E-state index contributed by atoms with van der Waals surface area (Å²) in [6, 6.07) is 7.76. The normalized spacial score (nSPS) is 10.3. The van der Waals surface area contributed by atoms with E-state index < -0.39 is 0 Å². The molecule has 0 amide bonds. The number of halogens is 1. The summed E-state index contributed by atoms with van der Waals surface area (Å²) >= 11 is 3.46. The molecule has 0 unspecified atom stereocenters. The number of methoxy groups -OCH3 is 1. The number of nitrogens with zero attached hydrogens (tertiary/aromatic N) is 1. The van der Waals surface area contributed by atoms with Gasteiger partial charge in [0.1, 0.15) is 5.75 Å². The molecule has 0 atom stereocenters. The van der Waals surface area contributed by atoms with E-state index in [1.54, 1.807) is 13.3 Å². The van der Waals surface area contributed by atoms with Gasteiger partial charge in [0.25, 0.3) is 0 Å². The van der Waals surface area contributed by atoms with Crippen LogP contribution in [0.3, 0.4) is 0 Å². The fraction of sp³-hybridized carbons (Fsp3) is 0.100. The van der Waals surface area contributed by atoms with Gasteiger partial charge in [-0.1, -0.05) is 15.9 Å². The molecule has 66 valence electrons. The predicted molar refractivity (Wildman–Crippen MR) is 56.0 cm³/mol. The van der Waals surface area contributed by atoms with Gasteiger partial charge in [-0.2, -0.15) is 0 Å². The molecule has 0 aliphatic rings. The summed E-state index contributed by atoms with van der Waals surface area (Å²) in [7, 11) is 1.65. The quantitative estimate of drug-likeness (QED) is 0.761. The van der Waals surface area contributed by atoms with Gasteiger partial charge in [-0.05, 0) is 18.2 Å². The second kappa shape index (κ2) is 3.34. The van der Waals surface area contributed by atoms with E-state index in [-0.39, 0.29) is 0 Å². The van der Waals surface area contributed by atoms with Gasteiger partial charge in [0, 0.05) is 22.1 Å². The maximum atomic E-state index is 5.11. The zero-order chi connectivity index (χ0) is 9.26. The van der Waals surface area contributed by atoms with Crippen molar-refractivity contribution in [1.82, 2.24) is 4.98 Å². The molecule has 1 heterocycles. The summed E-state index contributed by atoms with van der Waals surface area (Å²) in [6.45, 7) is 0. The molecule has 13 heavy (non-hydrogen) atoms. The molecule has 0 saturated carbocycles. The third-order valence-electron chi connectivity index (χ3n) is 1.90. The Bertz CT molecular complexity index is 442. The lowest BCUT2D eigenvalue weighted by molar-refractivity contribution is 0.415. The maximum absolute atomic E-state index is 5.11. The third-order valence-corrected chi connectivity index (χ3v) is 2.59. The van der Waals surface area contributed by atoms with Crippen molar-refractivity contribution in [3.63, 3.8) is 0 Å². The predicted octanol–water partition coefficient (Wildman–Crippen LogP) is 3.01. The molecule has 0 aliphatic carbocycles. The molecule has 0 bridgehead atoms. The molecule has 0 N–H and O–H groups in total. The Labute approximate surface area is 84.7 Å². The van der Waals surface area contributed by atoms with Crippen LogP contribution in [-0.2, 0) is 0 Å². The summed E-state index contributed by atoms with van der Waals surface area (Å²) in [6.07, 6.45) is 1.77. The monoisotopic (exact) mass is 237 g/mol. The van der Waals surface area contributed by atoms with Gasteiger partial charge < -0.3 is 4.74 Å². The molecule has 3 heteroatoms. The van der Waals surface area contributed by atoms with Crippen LogP contribution in [0, 0.1) is 0 Å². The van der Waals surface area contributed by atoms with E-state index in [0.29, 0.717) is 0 Å². The van der Waals surface area contributed by atoms with Gasteiger partial charge in [0.05, 0.1) is 12.6 Å². The molecular formula is C10H8BrNO. The molecule has 2 rings (SSSR count). The Morgan fingerprint density at radius 1 is 1.31 bits per heavy atom. The summed E-state index contributed by atoms with van der Waals surface area (Å²) in [4.78, 5) is 4.24. The van der Waals surface area contributed by atoms with Crippen LogP contribution in [0.25, 0.3) is 10.9 Å². The fourth-order valence-electron chi connectivity index (χ4n) is 1.22. The summed E-state index contributed by atoms with van der Waals surface area (Å²) in [5, 5.41) is 1.10. The molecule has 2 nitrogen and oxygen atoms in total. The van der Waals surface area contributed by atoms with Crippen LogP contribution >= 0.6 is 15.9 Å². The third kappa shape index (κ3) is 1.52. The van der Waals surface area contributed by atoms with Gasteiger partial charge in [-0.3, -0.25) is 4.98 Å². The largest absolute Gasteiger partial charge is 0.497 e. The number of aromatic nitrogens is 1. The van der Waals surface area contributed by atoms with Crippen molar-refractivity contribution in [2.75, 3.05) is 7.11 Å². The van der Waals surface area contributed by atoms with Crippen molar-refractivity contribution in [3.8, 4) is 5.75 Å². The van der Waals surface area contributed by atoms with E-state index in [4.69, 9.17) is 4.74 Å². The first-order valence-electron chi connectivity index (χ1n) is 3.89. The van der Waals surface area contributed by atoms with E-state index in [1.807, 2.05) is 24.3 Å².